The van der Waals surface area contributed by atoms with Crippen LogP contribution < -0.4 is 10.1 Å². The van der Waals surface area contributed by atoms with E-state index in [0.717, 1.165) is 19.6 Å². The van der Waals surface area contributed by atoms with Crippen LogP contribution in [0.25, 0.3) is 0 Å². The normalized spacial score (nSPS) is 18.4. The molecule has 0 bridgehead atoms. The zero-order chi connectivity index (χ0) is 17.7. The Morgan fingerprint density at radius 3 is 2.56 bits per heavy atom. The molecule has 25 heavy (non-hydrogen) atoms. The second-order valence-corrected chi connectivity index (χ2v) is 7.18. The van der Waals surface area contributed by atoms with Gasteiger partial charge in [0.2, 0.25) is 5.88 Å². The molecular weight excluding hydrogens is 312 g/mol. The zero-order valence-corrected chi connectivity index (χ0v) is 16.1. The number of pyridine rings is 1. The summed E-state index contributed by atoms with van der Waals surface area (Å²) in [6, 6.07) is 4.42. The van der Waals surface area contributed by atoms with Crippen LogP contribution >= 0.6 is 0 Å². The minimum atomic E-state index is 0.163. The number of nitrogens with one attached hydrogen (secondary N) is 1. The molecule has 1 saturated heterocycles. The van der Waals surface area contributed by atoms with E-state index in [1.165, 1.54) is 56.9 Å². The lowest BCUT2D eigenvalue weighted by molar-refractivity contribution is 0.138. The maximum absolute atomic E-state index is 5.81. The largest absolute Gasteiger partial charge is 0.472 e. The molecular formula is C21H36N2O2. The van der Waals surface area contributed by atoms with E-state index in [4.69, 9.17) is 9.47 Å². The molecule has 4 nitrogen and oxygen atoms in total. The molecule has 0 aromatic carbocycles. The average Bonchev–Trinajstić information content (AvgIpc) is 3.14. The summed E-state index contributed by atoms with van der Waals surface area (Å²) in [5.41, 5.74) is 1.22. The minimum absolute atomic E-state index is 0.163. The SMILES string of the molecule is CCCCCCCCCCN[C@@H](C)c1ccc(O[C@H]2CCOC2)nc1. The molecule has 1 aliphatic heterocycles. The number of hydrogen-bond donors (Lipinski definition) is 1. The standard InChI is InChI=1S/C21H36N2O2/c1-3-4-5-6-7-8-9-10-14-22-18(2)19-11-12-21(23-16-19)25-20-13-15-24-17-20/h11-12,16,18,20,22H,3-10,13-15,17H2,1-2H3/t18-,20-/m0/s1. The first kappa shape index (κ1) is 20.2. The summed E-state index contributed by atoms with van der Waals surface area (Å²) in [4.78, 5) is 4.44. The average molecular weight is 349 g/mol. The highest BCUT2D eigenvalue weighted by molar-refractivity contribution is 5.20. The molecule has 0 spiro atoms. The van der Waals surface area contributed by atoms with Crippen molar-refractivity contribution in [1.82, 2.24) is 10.3 Å². The molecule has 1 N–H and O–H groups in total. The Morgan fingerprint density at radius 2 is 1.92 bits per heavy atom. The zero-order valence-electron chi connectivity index (χ0n) is 16.1. The second-order valence-electron chi connectivity index (χ2n) is 7.18. The summed E-state index contributed by atoms with van der Waals surface area (Å²) in [6.45, 7) is 7.02. The Morgan fingerprint density at radius 1 is 1.16 bits per heavy atom. The van der Waals surface area contributed by atoms with Crippen LogP contribution in [0.5, 0.6) is 5.88 Å². The molecule has 0 radical (unpaired) electrons. The smallest absolute Gasteiger partial charge is 0.213 e. The van der Waals surface area contributed by atoms with Crippen LogP contribution in [0.1, 0.15) is 83.2 Å². The summed E-state index contributed by atoms with van der Waals surface area (Å²) in [7, 11) is 0. The van der Waals surface area contributed by atoms with Crippen LogP contribution in [0.2, 0.25) is 0 Å². The first-order chi connectivity index (χ1) is 12.3. The van der Waals surface area contributed by atoms with Gasteiger partial charge in [0, 0.05) is 24.7 Å². The van der Waals surface area contributed by atoms with Crippen molar-refractivity contribution in [2.75, 3.05) is 19.8 Å². The molecule has 2 rings (SSSR count). The molecule has 0 unspecified atom stereocenters. The van der Waals surface area contributed by atoms with Gasteiger partial charge in [-0.1, -0.05) is 57.9 Å². The van der Waals surface area contributed by atoms with Crippen LogP contribution in [0.4, 0.5) is 0 Å². The maximum Gasteiger partial charge on any atom is 0.213 e. The highest BCUT2D eigenvalue weighted by Gasteiger charge is 2.17. The van der Waals surface area contributed by atoms with Crippen molar-refractivity contribution in [2.45, 2.75) is 83.8 Å². The van der Waals surface area contributed by atoms with Crippen LogP contribution in [0.15, 0.2) is 18.3 Å². The Labute approximate surface area is 153 Å². The Balaban J connectivity index is 1.55. The van der Waals surface area contributed by atoms with Crippen molar-refractivity contribution in [1.29, 1.82) is 0 Å². The van der Waals surface area contributed by atoms with Gasteiger partial charge in [-0.05, 0) is 25.5 Å². The molecule has 1 aromatic heterocycles. The van der Waals surface area contributed by atoms with E-state index in [1.54, 1.807) is 0 Å². The molecule has 2 heterocycles. The van der Waals surface area contributed by atoms with Crippen molar-refractivity contribution < 1.29 is 9.47 Å². The van der Waals surface area contributed by atoms with Gasteiger partial charge < -0.3 is 14.8 Å². The predicted octanol–water partition coefficient (Wildman–Crippen LogP) is 5.04. The quantitative estimate of drug-likeness (QED) is 0.507. The summed E-state index contributed by atoms with van der Waals surface area (Å²) in [5, 5.41) is 3.60. The van der Waals surface area contributed by atoms with Gasteiger partial charge in [0.15, 0.2) is 0 Å². The summed E-state index contributed by atoms with van der Waals surface area (Å²) in [6.07, 6.45) is 14.0. The summed E-state index contributed by atoms with van der Waals surface area (Å²) < 4.78 is 11.1. The molecule has 142 valence electrons. The molecule has 0 amide bonds. The van der Waals surface area contributed by atoms with Crippen LogP contribution in [-0.2, 0) is 4.74 Å². The third-order valence-corrected chi connectivity index (χ3v) is 4.92. The van der Waals surface area contributed by atoms with Crippen LogP contribution in [-0.4, -0.2) is 30.8 Å². The van der Waals surface area contributed by atoms with Gasteiger partial charge in [-0.15, -0.1) is 0 Å². The van der Waals surface area contributed by atoms with Crippen LogP contribution in [0, 0.1) is 0 Å². The number of unbranched alkanes of at least 4 members (excludes halogenated alkanes) is 7. The van der Waals surface area contributed by atoms with Crippen molar-refractivity contribution >= 4 is 0 Å². The molecule has 1 aromatic rings. The molecule has 0 aliphatic carbocycles. The van der Waals surface area contributed by atoms with Crippen molar-refractivity contribution in [3.05, 3.63) is 23.9 Å². The minimum Gasteiger partial charge on any atom is -0.472 e. The first-order valence-electron chi connectivity index (χ1n) is 10.2. The summed E-state index contributed by atoms with van der Waals surface area (Å²) >= 11 is 0. The molecule has 0 saturated carbocycles. The Hall–Kier alpha value is -1.13. The number of ether oxygens (including phenoxy) is 2. The Bertz CT molecular complexity index is 444. The fourth-order valence-electron chi connectivity index (χ4n) is 3.19. The Kier molecular flexibility index (Phi) is 9.90. The van der Waals surface area contributed by atoms with E-state index in [0.29, 0.717) is 18.5 Å². The van der Waals surface area contributed by atoms with Gasteiger partial charge in [-0.3, -0.25) is 0 Å². The highest BCUT2D eigenvalue weighted by atomic mass is 16.5. The number of nitrogens with zero attached hydrogens (tertiary/aromatic N) is 1. The van der Waals surface area contributed by atoms with E-state index >= 15 is 0 Å². The lowest BCUT2D eigenvalue weighted by atomic mass is 10.1. The lowest BCUT2D eigenvalue weighted by Gasteiger charge is -2.15. The van der Waals surface area contributed by atoms with Gasteiger partial charge in [0.25, 0.3) is 0 Å². The van der Waals surface area contributed by atoms with Gasteiger partial charge in [-0.25, -0.2) is 4.98 Å². The molecule has 1 aliphatic rings. The van der Waals surface area contributed by atoms with E-state index in [2.05, 4.69) is 30.2 Å². The van der Waals surface area contributed by atoms with E-state index in [1.807, 2.05) is 12.3 Å². The topological polar surface area (TPSA) is 43.4 Å². The van der Waals surface area contributed by atoms with E-state index in [9.17, 15) is 0 Å². The van der Waals surface area contributed by atoms with Gasteiger partial charge in [-0.2, -0.15) is 0 Å². The predicted molar refractivity (Wildman–Crippen MR) is 103 cm³/mol. The molecule has 4 heteroatoms. The third kappa shape index (κ3) is 8.19. The fraction of sp³-hybridized carbons (Fsp3) is 0.762. The lowest BCUT2D eigenvalue weighted by Crippen LogP contribution is -2.20. The maximum atomic E-state index is 5.81. The number of rotatable bonds is 13. The van der Waals surface area contributed by atoms with Crippen molar-refractivity contribution in [3.8, 4) is 5.88 Å². The van der Waals surface area contributed by atoms with Gasteiger partial charge in [0.05, 0.1) is 13.2 Å². The molecule has 1 fully saturated rings. The highest BCUT2D eigenvalue weighted by Crippen LogP contribution is 2.18. The van der Waals surface area contributed by atoms with E-state index < -0.39 is 0 Å². The van der Waals surface area contributed by atoms with Gasteiger partial charge in [0.1, 0.15) is 6.10 Å². The molecule has 2 atom stereocenters. The van der Waals surface area contributed by atoms with E-state index in [-0.39, 0.29) is 6.10 Å². The van der Waals surface area contributed by atoms with Gasteiger partial charge >= 0.3 is 0 Å². The number of hydrogen-bond acceptors (Lipinski definition) is 4. The fourth-order valence-corrected chi connectivity index (χ4v) is 3.19. The van der Waals surface area contributed by atoms with Crippen LogP contribution in [0.3, 0.4) is 0 Å². The first-order valence-corrected chi connectivity index (χ1v) is 10.2. The summed E-state index contributed by atoms with van der Waals surface area (Å²) in [5.74, 6) is 0.703. The van der Waals surface area contributed by atoms with Crippen molar-refractivity contribution in [3.63, 3.8) is 0 Å². The second kappa shape index (κ2) is 12.3. The number of aromatic nitrogens is 1. The van der Waals surface area contributed by atoms with Crippen molar-refractivity contribution in [2.24, 2.45) is 0 Å². The third-order valence-electron chi connectivity index (χ3n) is 4.92. The monoisotopic (exact) mass is 348 g/mol.